The van der Waals surface area contributed by atoms with E-state index in [1.165, 1.54) is 4.90 Å². The summed E-state index contributed by atoms with van der Waals surface area (Å²) in [7, 11) is 0. The van der Waals surface area contributed by atoms with Gasteiger partial charge in [-0.3, -0.25) is 24.0 Å². The minimum atomic E-state index is -1.04. The molecule has 2 rings (SSSR count). The average molecular weight is 515 g/mol. The Morgan fingerprint density at radius 2 is 1.97 bits per heavy atom. The number of aliphatic carboxylic acids is 1. The molecule has 1 aromatic heterocycles. The molecule has 1 aromatic rings. The van der Waals surface area contributed by atoms with Gasteiger partial charge in [-0.15, -0.1) is 16.9 Å². The van der Waals surface area contributed by atoms with Gasteiger partial charge in [-0.2, -0.15) is 0 Å². The van der Waals surface area contributed by atoms with Crippen molar-refractivity contribution < 1.29 is 29.1 Å². The molecule has 0 aliphatic carbocycles. The highest BCUT2D eigenvalue weighted by Gasteiger charge is 2.38. The Kier molecular flexibility index (Phi) is 10.2. The Balaban J connectivity index is 2.15. The number of likely N-dealkylation sites (tertiary alicyclic amines) is 1. The summed E-state index contributed by atoms with van der Waals surface area (Å²) in [6.45, 7) is 5.63. The number of amides is 4. The first-order valence-electron chi connectivity index (χ1n) is 10.8. The van der Waals surface area contributed by atoms with Gasteiger partial charge in [-0.05, 0) is 43.6 Å². The molecular formula is C20H30N6O6S2. The summed E-state index contributed by atoms with van der Waals surface area (Å²) in [6, 6.07) is -2.25. The van der Waals surface area contributed by atoms with Gasteiger partial charge in [-0.1, -0.05) is 18.3 Å². The van der Waals surface area contributed by atoms with E-state index in [2.05, 4.69) is 20.2 Å². The second-order valence-corrected chi connectivity index (χ2v) is 10.2. The predicted octanol–water partition coefficient (Wildman–Crippen LogP) is -0.230. The van der Waals surface area contributed by atoms with Crippen molar-refractivity contribution in [1.82, 2.24) is 25.1 Å². The standard InChI is InChI=1S/C20H30N6O6S2/c1-10(2)6-13(18(21)30)23-19(31)14-7-12(22-20(32)17-11(3)24-25-34-17)4-5-26(14)15(27)8-33-9-16(28)29/h10,12-14H,4-9H2,1-3H3,(H2,21,30)(H,22,32)(H,23,31)(H,28,29). The first-order chi connectivity index (χ1) is 16.0. The molecule has 0 aromatic carbocycles. The van der Waals surface area contributed by atoms with E-state index in [4.69, 9.17) is 10.8 Å². The molecule has 1 aliphatic rings. The number of aryl methyl sites for hydroxylation is 1. The van der Waals surface area contributed by atoms with E-state index in [9.17, 15) is 24.0 Å². The van der Waals surface area contributed by atoms with Gasteiger partial charge in [0.2, 0.25) is 17.7 Å². The first-order valence-corrected chi connectivity index (χ1v) is 12.7. The lowest BCUT2D eigenvalue weighted by molar-refractivity contribution is -0.141. The highest BCUT2D eigenvalue weighted by atomic mass is 32.2. The van der Waals surface area contributed by atoms with Crippen molar-refractivity contribution in [2.24, 2.45) is 11.7 Å². The summed E-state index contributed by atoms with van der Waals surface area (Å²) in [6.07, 6.45) is 0.876. The molecule has 3 atom stereocenters. The Morgan fingerprint density at radius 1 is 1.26 bits per heavy atom. The third-order valence-electron chi connectivity index (χ3n) is 5.24. The van der Waals surface area contributed by atoms with Gasteiger partial charge in [0.1, 0.15) is 17.0 Å². The fraction of sp³-hybridized carbons (Fsp3) is 0.650. The lowest BCUT2D eigenvalue weighted by Gasteiger charge is -2.39. The van der Waals surface area contributed by atoms with Crippen LogP contribution < -0.4 is 16.4 Å². The number of carbonyl (C=O) groups excluding carboxylic acids is 4. The number of nitrogens with two attached hydrogens (primary N) is 1. The van der Waals surface area contributed by atoms with E-state index in [1.54, 1.807) is 6.92 Å². The quantitative estimate of drug-likeness (QED) is 0.309. The largest absolute Gasteiger partial charge is 0.481 e. The van der Waals surface area contributed by atoms with Crippen LogP contribution in [0.25, 0.3) is 0 Å². The molecule has 5 N–H and O–H groups in total. The zero-order chi connectivity index (χ0) is 25.4. The highest BCUT2D eigenvalue weighted by Crippen LogP contribution is 2.21. The predicted molar refractivity (Wildman–Crippen MR) is 126 cm³/mol. The zero-order valence-corrected chi connectivity index (χ0v) is 20.9. The van der Waals surface area contributed by atoms with Gasteiger partial charge >= 0.3 is 5.97 Å². The van der Waals surface area contributed by atoms with Crippen molar-refractivity contribution in [1.29, 1.82) is 0 Å². The normalized spacial score (nSPS) is 18.9. The number of piperidine rings is 1. The molecule has 12 nitrogen and oxygen atoms in total. The second-order valence-electron chi connectivity index (χ2n) is 8.46. The molecule has 3 unspecified atom stereocenters. The lowest BCUT2D eigenvalue weighted by Crippen LogP contribution is -2.60. The van der Waals surface area contributed by atoms with E-state index in [0.29, 0.717) is 23.4 Å². The van der Waals surface area contributed by atoms with Gasteiger partial charge < -0.3 is 26.4 Å². The van der Waals surface area contributed by atoms with Crippen LogP contribution in [0.15, 0.2) is 0 Å². The van der Waals surface area contributed by atoms with E-state index in [0.717, 1.165) is 23.3 Å². The zero-order valence-electron chi connectivity index (χ0n) is 19.3. The number of primary amides is 1. The smallest absolute Gasteiger partial charge is 0.313 e. The maximum absolute atomic E-state index is 13.2. The lowest BCUT2D eigenvalue weighted by atomic mass is 9.95. The van der Waals surface area contributed by atoms with Crippen molar-refractivity contribution in [3.05, 3.63) is 10.6 Å². The maximum Gasteiger partial charge on any atom is 0.313 e. The van der Waals surface area contributed by atoms with E-state index in [-0.39, 0.29) is 36.3 Å². The number of aromatic nitrogens is 2. The van der Waals surface area contributed by atoms with Gasteiger partial charge in [-0.25, -0.2) is 0 Å². The molecule has 0 bridgehead atoms. The molecule has 188 valence electrons. The van der Waals surface area contributed by atoms with Crippen molar-refractivity contribution in [3.63, 3.8) is 0 Å². The minimum absolute atomic E-state index is 0.0950. The van der Waals surface area contributed by atoms with E-state index < -0.39 is 41.8 Å². The summed E-state index contributed by atoms with van der Waals surface area (Å²) < 4.78 is 3.75. The van der Waals surface area contributed by atoms with E-state index in [1.807, 2.05) is 13.8 Å². The van der Waals surface area contributed by atoms with Crippen molar-refractivity contribution in [3.8, 4) is 0 Å². The van der Waals surface area contributed by atoms with Gasteiger partial charge in [0.15, 0.2) is 0 Å². The van der Waals surface area contributed by atoms with Gasteiger partial charge in [0.05, 0.1) is 17.2 Å². The van der Waals surface area contributed by atoms with Crippen LogP contribution in [0.1, 0.15) is 48.5 Å². The van der Waals surface area contributed by atoms with Crippen molar-refractivity contribution in [2.45, 2.75) is 58.2 Å². The average Bonchev–Trinajstić information content (AvgIpc) is 3.18. The summed E-state index contributed by atoms with van der Waals surface area (Å²) in [4.78, 5) is 62.9. The molecule has 0 saturated carbocycles. The molecule has 1 fully saturated rings. The fourth-order valence-corrected chi connectivity index (χ4v) is 4.81. The number of thioether (sulfide) groups is 1. The molecule has 14 heteroatoms. The maximum atomic E-state index is 13.2. The van der Waals surface area contributed by atoms with Crippen LogP contribution in [-0.2, 0) is 19.2 Å². The Labute approximate surface area is 205 Å². The van der Waals surface area contributed by atoms with Crippen molar-refractivity contribution >= 4 is 52.9 Å². The first kappa shape index (κ1) is 27.5. The Morgan fingerprint density at radius 3 is 2.53 bits per heavy atom. The van der Waals surface area contributed by atoms with Gasteiger partial charge in [0, 0.05) is 12.6 Å². The van der Waals surface area contributed by atoms with Crippen LogP contribution in [0.4, 0.5) is 0 Å². The fourth-order valence-electron chi connectivity index (χ4n) is 3.63. The monoisotopic (exact) mass is 514 g/mol. The Hall–Kier alpha value is -2.74. The number of nitrogens with zero attached hydrogens (tertiary/aromatic N) is 3. The number of hydrogen-bond donors (Lipinski definition) is 4. The van der Waals surface area contributed by atoms with Crippen molar-refractivity contribution in [2.75, 3.05) is 18.1 Å². The Bertz CT molecular complexity index is 923. The van der Waals surface area contributed by atoms with Crippen LogP contribution in [0, 0.1) is 12.8 Å². The molecular weight excluding hydrogens is 484 g/mol. The summed E-state index contributed by atoms with van der Waals surface area (Å²) in [5.41, 5.74) is 5.95. The van der Waals surface area contributed by atoms with Crippen LogP contribution >= 0.6 is 23.3 Å². The molecule has 34 heavy (non-hydrogen) atoms. The molecule has 1 aliphatic heterocycles. The topological polar surface area (TPSA) is 185 Å². The summed E-state index contributed by atoms with van der Waals surface area (Å²) in [5, 5.41) is 18.2. The molecule has 1 saturated heterocycles. The van der Waals surface area contributed by atoms with Crippen LogP contribution in [0.5, 0.6) is 0 Å². The molecule has 0 radical (unpaired) electrons. The van der Waals surface area contributed by atoms with Crippen LogP contribution in [0.3, 0.4) is 0 Å². The summed E-state index contributed by atoms with van der Waals surface area (Å²) in [5.74, 6) is -3.26. The van der Waals surface area contributed by atoms with Crippen LogP contribution in [-0.4, -0.2) is 85.4 Å². The minimum Gasteiger partial charge on any atom is -0.481 e. The number of carboxylic acid groups (broad SMARTS) is 1. The number of carbonyl (C=O) groups is 5. The molecule has 2 heterocycles. The third kappa shape index (κ3) is 7.94. The number of rotatable bonds is 11. The summed E-state index contributed by atoms with van der Waals surface area (Å²) >= 11 is 1.90. The third-order valence-corrected chi connectivity index (χ3v) is 6.97. The number of hydrogen-bond acceptors (Lipinski definition) is 9. The SMILES string of the molecule is Cc1nnsc1C(=O)NC1CCN(C(=O)CSCC(=O)O)C(C(=O)NC(CC(C)C)C(N)=O)C1. The number of nitrogens with one attached hydrogen (secondary N) is 2. The van der Waals surface area contributed by atoms with Gasteiger partial charge in [0.25, 0.3) is 5.91 Å². The molecule has 0 spiro atoms. The highest BCUT2D eigenvalue weighted by molar-refractivity contribution is 8.00. The number of carboxylic acids is 1. The molecule has 4 amide bonds. The van der Waals surface area contributed by atoms with Crippen LogP contribution in [0.2, 0.25) is 0 Å². The second kappa shape index (κ2) is 12.6. The van der Waals surface area contributed by atoms with E-state index >= 15 is 0 Å².